The molecule has 0 rings (SSSR count). The van der Waals surface area contributed by atoms with Gasteiger partial charge in [0.05, 0.1) is 6.61 Å². The maximum Gasteiger partial charge on any atom is 0.394 e. The van der Waals surface area contributed by atoms with Crippen LogP contribution in [0.2, 0.25) is 0 Å². The summed E-state index contributed by atoms with van der Waals surface area (Å²) in [6.45, 7) is 4.14. The van der Waals surface area contributed by atoms with Gasteiger partial charge in [-0.25, -0.2) is 0 Å². The van der Waals surface area contributed by atoms with Gasteiger partial charge in [-0.2, -0.15) is 8.42 Å². The summed E-state index contributed by atoms with van der Waals surface area (Å²) in [6.07, 6.45) is 0. The highest BCUT2D eigenvalue weighted by molar-refractivity contribution is 7.79. The molecule has 0 aromatic heterocycles. The second kappa shape index (κ2) is 12.8. The number of likely N-dealkylation sites (N-methyl/N-ethyl adjacent to an activating group) is 1. The molecule has 14 heavy (non-hydrogen) atoms. The van der Waals surface area contributed by atoms with Crippen LogP contribution in [0.25, 0.3) is 0 Å². The number of aliphatic hydroxyl groups is 1. The van der Waals surface area contributed by atoms with Crippen LogP contribution in [0.3, 0.4) is 0 Å². The van der Waals surface area contributed by atoms with Crippen LogP contribution in [-0.4, -0.2) is 61.3 Å². The van der Waals surface area contributed by atoms with Gasteiger partial charge >= 0.3 is 10.4 Å². The maximum atomic E-state index is 8.74. The molecule has 8 heteroatoms. The lowest BCUT2D eigenvalue weighted by Crippen LogP contribution is -2.20. The highest BCUT2D eigenvalue weighted by Crippen LogP contribution is 1.75. The largest absolute Gasteiger partial charge is 0.395 e. The van der Waals surface area contributed by atoms with Gasteiger partial charge in [0.25, 0.3) is 0 Å². The minimum Gasteiger partial charge on any atom is -0.395 e. The van der Waals surface area contributed by atoms with Crippen LogP contribution in [0.15, 0.2) is 0 Å². The number of rotatable bonds is 3. The van der Waals surface area contributed by atoms with Crippen LogP contribution in [0, 0.1) is 0 Å². The molecule has 0 aromatic carbocycles. The predicted molar refractivity (Wildman–Crippen MR) is 54.5 cm³/mol. The first-order valence-corrected chi connectivity index (χ1v) is 5.28. The molecule has 7 nitrogen and oxygen atoms in total. The van der Waals surface area contributed by atoms with Crippen molar-refractivity contribution in [3.05, 3.63) is 0 Å². The van der Waals surface area contributed by atoms with Gasteiger partial charge in [0.2, 0.25) is 0 Å². The van der Waals surface area contributed by atoms with Gasteiger partial charge in [-0.1, -0.05) is 6.92 Å². The Labute approximate surface area is 85.1 Å². The fourth-order valence-corrected chi connectivity index (χ4v) is 0.329. The first-order chi connectivity index (χ1) is 6.31. The zero-order valence-electron chi connectivity index (χ0n) is 8.71. The maximum absolute atomic E-state index is 8.74. The van der Waals surface area contributed by atoms with Crippen molar-refractivity contribution in [3.63, 3.8) is 0 Å². The lowest BCUT2D eigenvalue weighted by Gasteiger charge is -2.09. The van der Waals surface area contributed by atoms with Crippen molar-refractivity contribution >= 4 is 10.4 Å². The zero-order chi connectivity index (χ0) is 12.2. The number of hydrogen-bond donors (Lipinski definition) is 4. The van der Waals surface area contributed by atoms with Gasteiger partial charge in [0.1, 0.15) is 0 Å². The molecule has 0 aliphatic heterocycles. The third kappa shape index (κ3) is 60.2. The van der Waals surface area contributed by atoms with E-state index in [-0.39, 0.29) is 6.61 Å². The summed E-state index contributed by atoms with van der Waals surface area (Å²) in [6, 6.07) is 0. The lowest BCUT2D eigenvalue weighted by molar-refractivity contribution is 0.227. The van der Waals surface area contributed by atoms with E-state index in [2.05, 4.69) is 17.6 Å². The highest BCUT2D eigenvalue weighted by Gasteiger charge is 1.87. The highest BCUT2D eigenvalue weighted by atomic mass is 32.3. The summed E-state index contributed by atoms with van der Waals surface area (Å²) >= 11 is 0. The van der Waals surface area contributed by atoms with E-state index in [1.165, 1.54) is 7.05 Å². The minimum atomic E-state index is -4.67. The van der Waals surface area contributed by atoms with Crippen LogP contribution in [-0.2, 0) is 10.4 Å². The Morgan fingerprint density at radius 3 is 1.64 bits per heavy atom. The minimum absolute atomic E-state index is 0.268. The molecule has 0 heterocycles. The second-order valence-corrected chi connectivity index (χ2v) is 2.96. The van der Waals surface area contributed by atoms with E-state index in [4.69, 9.17) is 22.6 Å². The van der Waals surface area contributed by atoms with E-state index >= 15 is 0 Å². The Bertz CT molecular complexity index is 175. The third-order valence-corrected chi connectivity index (χ3v) is 1.02. The second-order valence-electron chi connectivity index (χ2n) is 2.07. The van der Waals surface area contributed by atoms with Gasteiger partial charge in [-0.05, 0) is 20.6 Å². The fraction of sp³-hybridized carbons (Fsp3) is 1.00. The van der Waals surface area contributed by atoms with Gasteiger partial charge in [0.15, 0.2) is 0 Å². The Morgan fingerprint density at radius 2 is 1.57 bits per heavy atom. The van der Waals surface area contributed by atoms with Gasteiger partial charge in [-0.3, -0.25) is 9.11 Å². The molecule has 0 amide bonds. The summed E-state index contributed by atoms with van der Waals surface area (Å²) in [5, 5.41) is 8.33. The van der Waals surface area contributed by atoms with Crippen molar-refractivity contribution in [2.45, 2.75) is 6.92 Å². The summed E-state index contributed by atoms with van der Waals surface area (Å²) in [5.74, 6) is 0. The SMILES string of the molecule is CCN(C)CCO.CN.O=S(=O)(O)O. The van der Waals surface area contributed by atoms with E-state index in [0.717, 1.165) is 13.1 Å². The molecule has 0 fully saturated rings. The van der Waals surface area contributed by atoms with Gasteiger partial charge in [0, 0.05) is 6.54 Å². The molecule has 0 bridgehead atoms. The fourth-order valence-electron chi connectivity index (χ4n) is 0.329. The monoisotopic (exact) mass is 232 g/mol. The third-order valence-electron chi connectivity index (χ3n) is 1.02. The molecule has 5 N–H and O–H groups in total. The molecule has 0 saturated carbocycles. The van der Waals surface area contributed by atoms with Crippen LogP contribution in [0.5, 0.6) is 0 Å². The van der Waals surface area contributed by atoms with E-state index in [1.807, 2.05) is 7.05 Å². The Morgan fingerprint density at radius 1 is 1.29 bits per heavy atom. The van der Waals surface area contributed by atoms with Crippen LogP contribution in [0.4, 0.5) is 0 Å². The number of nitrogens with two attached hydrogens (primary N) is 1. The van der Waals surface area contributed by atoms with Crippen LogP contribution in [0.1, 0.15) is 6.92 Å². The molecule has 0 radical (unpaired) electrons. The molecular formula is C6H20N2O5S. The van der Waals surface area contributed by atoms with E-state index in [0.29, 0.717) is 0 Å². The van der Waals surface area contributed by atoms with Gasteiger partial charge in [-0.15, -0.1) is 0 Å². The predicted octanol–water partition coefficient (Wildman–Crippen LogP) is -1.15. The molecule has 0 unspecified atom stereocenters. The quantitative estimate of drug-likeness (QED) is 0.453. The topological polar surface area (TPSA) is 124 Å². The number of nitrogens with zero attached hydrogens (tertiary/aromatic N) is 1. The van der Waals surface area contributed by atoms with Crippen molar-refractivity contribution in [1.82, 2.24) is 4.90 Å². The normalized spacial score (nSPS) is 9.71. The van der Waals surface area contributed by atoms with Crippen molar-refractivity contribution in [1.29, 1.82) is 0 Å². The number of aliphatic hydroxyl groups excluding tert-OH is 1. The standard InChI is InChI=1S/C5H13NO.CH5N.H2O4S/c1-3-6(2)4-5-7;1-2;1-5(2,3)4/h7H,3-5H2,1-2H3;2H2,1H3;(H2,1,2,3,4). The first kappa shape index (κ1) is 19.3. The van der Waals surface area contributed by atoms with Gasteiger partial charge < -0.3 is 15.7 Å². The molecule has 0 spiro atoms. The van der Waals surface area contributed by atoms with Crippen LogP contribution >= 0.6 is 0 Å². The van der Waals surface area contributed by atoms with E-state index in [1.54, 1.807) is 0 Å². The smallest absolute Gasteiger partial charge is 0.394 e. The molecule has 0 saturated heterocycles. The molecule has 0 atom stereocenters. The molecule has 0 aliphatic rings. The van der Waals surface area contributed by atoms with E-state index < -0.39 is 10.4 Å². The van der Waals surface area contributed by atoms with Crippen molar-refractivity contribution in [3.8, 4) is 0 Å². The van der Waals surface area contributed by atoms with Crippen molar-refractivity contribution in [2.24, 2.45) is 5.73 Å². The zero-order valence-corrected chi connectivity index (χ0v) is 9.53. The summed E-state index contributed by atoms with van der Waals surface area (Å²) in [4.78, 5) is 2.06. The Kier molecular flexibility index (Phi) is 17.6. The summed E-state index contributed by atoms with van der Waals surface area (Å²) in [7, 11) is -1.18. The summed E-state index contributed by atoms with van der Waals surface area (Å²) < 4.78 is 31.6. The number of hydrogen-bond acceptors (Lipinski definition) is 5. The first-order valence-electron chi connectivity index (χ1n) is 3.88. The Balaban J connectivity index is -0.000000152. The molecular weight excluding hydrogens is 212 g/mol. The van der Waals surface area contributed by atoms with Crippen LogP contribution < -0.4 is 5.73 Å². The average Bonchev–Trinajstić information content (AvgIpc) is 2.05. The Hall–Kier alpha value is -0.250. The van der Waals surface area contributed by atoms with Crippen molar-refractivity contribution in [2.75, 3.05) is 33.8 Å². The summed E-state index contributed by atoms with van der Waals surface area (Å²) in [5.41, 5.74) is 4.50. The lowest BCUT2D eigenvalue weighted by atomic mass is 10.6. The van der Waals surface area contributed by atoms with Crippen molar-refractivity contribution < 1.29 is 22.6 Å². The van der Waals surface area contributed by atoms with E-state index in [9.17, 15) is 0 Å². The molecule has 0 aromatic rings. The average molecular weight is 232 g/mol. The molecule has 90 valence electrons. The molecule has 0 aliphatic carbocycles.